The molecule has 98 valence electrons. The monoisotopic (exact) mass is 257 g/mol. The van der Waals surface area contributed by atoms with E-state index in [-0.39, 0.29) is 16.8 Å². The number of nitrogens with zero attached hydrogens (tertiary/aromatic N) is 1. The number of rotatable bonds is 4. The highest BCUT2D eigenvalue weighted by Gasteiger charge is 2.28. The topological polar surface area (TPSA) is 58.4 Å². The summed E-state index contributed by atoms with van der Waals surface area (Å²) in [5.74, 6) is -0.424. The largest absolute Gasteiger partial charge is 0.393 e. The van der Waals surface area contributed by atoms with Crippen LogP contribution in [0.4, 0.5) is 0 Å². The van der Waals surface area contributed by atoms with Crippen molar-refractivity contribution < 1.29 is 4.79 Å². The molecule has 1 aliphatic heterocycles. The molecule has 0 spiro atoms. The Bertz CT molecular complexity index is 285. The standard InChI is InChI=1S/C12H23N3OS/c1-4-10(11(13)17)12(16)14-15-8(2)6-5-7-9(15)3/h8-10H,4-7H2,1-3H3,(H2,13,17)(H,14,16). The molecule has 17 heavy (non-hydrogen) atoms. The van der Waals surface area contributed by atoms with E-state index in [1.54, 1.807) is 0 Å². The Morgan fingerprint density at radius 1 is 1.47 bits per heavy atom. The zero-order chi connectivity index (χ0) is 13.0. The SMILES string of the molecule is CCC(C(=O)NN1C(C)CCCC1C)C(N)=S. The predicted molar refractivity (Wildman–Crippen MR) is 73.3 cm³/mol. The number of hydrazine groups is 1. The highest BCUT2D eigenvalue weighted by atomic mass is 32.1. The van der Waals surface area contributed by atoms with Crippen LogP contribution in [0.3, 0.4) is 0 Å². The Balaban J connectivity index is 2.62. The van der Waals surface area contributed by atoms with Crippen LogP contribution < -0.4 is 11.2 Å². The lowest BCUT2D eigenvalue weighted by atomic mass is 9.99. The zero-order valence-corrected chi connectivity index (χ0v) is 11.7. The number of carbonyl (C=O) groups is 1. The molecule has 0 aromatic carbocycles. The van der Waals surface area contributed by atoms with Gasteiger partial charge in [-0.3, -0.25) is 10.2 Å². The number of thiocarbonyl (C=S) groups is 1. The third kappa shape index (κ3) is 3.64. The van der Waals surface area contributed by atoms with Crippen molar-refractivity contribution in [3.63, 3.8) is 0 Å². The van der Waals surface area contributed by atoms with Gasteiger partial charge in [0.15, 0.2) is 0 Å². The van der Waals surface area contributed by atoms with Gasteiger partial charge in [-0.2, -0.15) is 0 Å². The van der Waals surface area contributed by atoms with Crippen molar-refractivity contribution >= 4 is 23.1 Å². The molecule has 0 bridgehead atoms. The molecule has 1 aliphatic rings. The minimum Gasteiger partial charge on any atom is -0.393 e. The van der Waals surface area contributed by atoms with Crippen molar-refractivity contribution in [3.8, 4) is 0 Å². The van der Waals surface area contributed by atoms with E-state index in [4.69, 9.17) is 18.0 Å². The lowest BCUT2D eigenvalue weighted by molar-refractivity contribution is -0.131. The Morgan fingerprint density at radius 2 is 2.00 bits per heavy atom. The molecule has 0 aliphatic carbocycles. The third-order valence-electron chi connectivity index (χ3n) is 3.50. The summed E-state index contributed by atoms with van der Waals surface area (Å²) in [6, 6.07) is 0.762. The van der Waals surface area contributed by atoms with Crippen molar-refractivity contribution in [1.82, 2.24) is 10.4 Å². The van der Waals surface area contributed by atoms with Crippen LogP contribution in [0.25, 0.3) is 0 Å². The molecule has 1 saturated heterocycles. The molecule has 3 N–H and O–H groups in total. The number of carbonyl (C=O) groups excluding carboxylic acids is 1. The molecule has 1 rings (SSSR count). The van der Waals surface area contributed by atoms with E-state index in [9.17, 15) is 4.79 Å². The molecule has 1 amide bonds. The van der Waals surface area contributed by atoms with Crippen LogP contribution >= 0.6 is 12.2 Å². The van der Waals surface area contributed by atoms with Crippen LogP contribution in [0.2, 0.25) is 0 Å². The number of hydrogen-bond donors (Lipinski definition) is 2. The van der Waals surface area contributed by atoms with E-state index in [1.807, 2.05) is 11.9 Å². The maximum Gasteiger partial charge on any atom is 0.244 e. The number of nitrogens with one attached hydrogen (secondary N) is 1. The fourth-order valence-electron chi connectivity index (χ4n) is 2.36. The van der Waals surface area contributed by atoms with E-state index in [2.05, 4.69) is 19.3 Å². The number of amides is 1. The van der Waals surface area contributed by atoms with E-state index in [0.717, 1.165) is 12.8 Å². The first-order valence-corrected chi connectivity index (χ1v) is 6.76. The smallest absolute Gasteiger partial charge is 0.244 e. The second kappa shape index (κ2) is 6.31. The molecule has 0 saturated carbocycles. The van der Waals surface area contributed by atoms with E-state index < -0.39 is 0 Å². The highest BCUT2D eigenvalue weighted by Crippen LogP contribution is 2.20. The van der Waals surface area contributed by atoms with Gasteiger partial charge in [0.25, 0.3) is 0 Å². The van der Waals surface area contributed by atoms with Crippen molar-refractivity contribution in [3.05, 3.63) is 0 Å². The van der Waals surface area contributed by atoms with Crippen LogP contribution in [0.1, 0.15) is 46.5 Å². The molecule has 0 radical (unpaired) electrons. The second-order valence-electron chi connectivity index (χ2n) is 4.88. The average Bonchev–Trinajstić information content (AvgIpc) is 2.24. The van der Waals surface area contributed by atoms with Gasteiger partial charge in [-0.05, 0) is 33.1 Å². The number of hydrogen-bond acceptors (Lipinski definition) is 3. The minimum atomic E-state index is -0.355. The van der Waals surface area contributed by atoms with E-state index >= 15 is 0 Å². The minimum absolute atomic E-state index is 0.0689. The maximum atomic E-state index is 12.1. The maximum absolute atomic E-state index is 12.1. The van der Waals surface area contributed by atoms with Gasteiger partial charge >= 0.3 is 0 Å². The first kappa shape index (κ1) is 14.4. The molecule has 1 fully saturated rings. The molecule has 0 aromatic rings. The lowest BCUT2D eigenvalue weighted by Crippen LogP contribution is -2.56. The normalized spacial score (nSPS) is 27.5. The molecule has 5 heteroatoms. The molecule has 4 nitrogen and oxygen atoms in total. The van der Waals surface area contributed by atoms with Crippen LogP contribution in [0, 0.1) is 5.92 Å². The number of nitrogens with two attached hydrogens (primary N) is 1. The first-order valence-electron chi connectivity index (χ1n) is 6.35. The predicted octanol–water partition coefficient (Wildman–Crippen LogP) is 1.59. The second-order valence-corrected chi connectivity index (χ2v) is 5.35. The van der Waals surface area contributed by atoms with Crippen LogP contribution in [-0.4, -0.2) is 28.0 Å². The van der Waals surface area contributed by atoms with Crippen LogP contribution in [0.15, 0.2) is 0 Å². The van der Waals surface area contributed by atoms with E-state index in [0.29, 0.717) is 18.5 Å². The zero-order valence-electron chi connectivity index (χ0n) is 10.9. The van der Waals surface area contributed by atoms with Crippen molar-refractivity contribution in [1.29, 1.82) is 0 Å². The van der Waals surface area contributed by atoms with Gasteiger partial charge in [-0.1, -0.05) is 25.6 Å². The Morgan fingerprint density at radius 3 is 2.41 bits per heavy atom. The highest BCUT2D eigenvalue weighted by molar-refractivity contribution is 7.80. The molecule has 3 unspecified atom stereocenters. The Labute approximate surface area is 109 Å². The van der Waals surface area contributed by atoms with Gasteiger partial charge in [-0.15, -0.1) is 0 Å². The van der Waals surface area contributed by atoms with E-state index in [1.165, 1.54) is 6.42 Å². The molecular weight excluding hydrogens is 234 g/mol. The van der Waals surface area contributed by atoms with Gasteiger partial charge in [0.2, 0.25) is 5.91 Å². The van der Waals surface area contributed by atoms with Gasteiger partial charge in [0, 0.05) is 12.1 Å². The lowest BCUT2D eigenvalue weighted by Gasteiger charge is -2.39. The van der Waals surface area contributed by atoms with Gasteiger partial charge in [-0.25, -0.2) is 5.01 Å². The van der Waals surface area contributed by atoms with Crippen LogP contribution in [-0.2, 0) is 4.79 Å². The summed E-state index contributed by atoms with van der Waals surface area (Å²) in [4.78, 5) is 12.3. The van der Waals surface area contributed by atoms with Crippen molar-refractivity contribution in [2.24, 2.45) is 11.7 Å². The van der Waals surface area contributed by atoms with Crippen molar-refractivity contribution in [2.45, 2.75) is 58.5 Å². The van der Waals surface area contributed by atoms with Gasteiger partial charge in [0.1, 0.15) is 0 Å². The first-order chi connectivity index (χ1) is 7.97. The van der Waals surface area contributed by atoms with Crippen molar-refractivity contribution in [2.75, 3.05) is 0 Å². The van der Waals surface area contributed by atoms with Gasteiger partial charge < -0.3 is 5.73 Å². The Kier molecular flexibility index (Phi) is 5.33. The summed E-state index contributed by atoms with van der Waals surface area (Å²) in [6.45, 7) is 6.20. The fraction of sp³-hybridized carbons (Fsp3) is 0.833. The molecule has 3 atom stereocenters. The van der Waals surface area contributed by atoms with Crippen LogP contribution in [0.5, 0.6) is 0 Å². The fourth-order valence-corrected chi connectivity index (χ4v) is 2.64. The average molecular weight is 257 g/mol. The molecule has 0 aromatic heterocycles. The summed E-state index contributed by atoms with van der Waals surface area (Å²) in [7, 11) is 0. The summed E-state index contributed by atoms with van der Waals surface area (Å²) in [5, 5.41) is 2.05. The third-order valence-corrected chi connectivity index (χ3v) is 3.79. The Hall–Kier alpha value is -0.680. The summed E-state index contributed by atoms with van der Waals surface area (Å²) in [6.07, 6.45) is 4.11. The summed E-state index contributed by atoms with van der Waals surface area (Å²) in [5.41, 5.74) is 8.55. The number of piperidine rings is 1. The quantitative estimate of drug-likeness (QED) is 0.751. The van der Waals surface area contributed by atoms with Gasteiger partial charge in [0.05, 0.1) is 10.9 Å². The summed E-state index contributed by atoms with van der Waals surface area (Å²) < 4.78 is 0. The molecular formula is C12H23N3OS. The molecule has 1 heterocycles. The summed E-state index contributed by atoms with van der Waals surface area (Å²) >= 11 is 4.92.